The van der Waals surface area contributed by atoms with Crippen LogP contribution in [-0.2, 0) is 16.1 Å². The lowest BCUT2D eigenvalue weighted by molar-refractivity contribution is -0.142. The Hall–Kier alpha value is -2.34. The molecule has 1 N–H and O–H groups in total. The lowest BCUT2D eigenvalue weighted by Crippen LogP contribution is -2.53. The zero-order chi connectivity index (χ0) is 22.5. The molecule has 2 aromatic rings. The maximum Gasteiger partial charge on any atom is 0.261 e. The lowest BCUT2D eigenvalue weighted by Gasteiger charge is -2.31. The predicted molar refractivity (Wildman–Crippen MR) is 123 cm³/mol. The van der Waals surface area contributed by atoms with Gasteiger partial charge in [0.1, 0.15) is 11.8 Å². The summed E-state index contributed by atoms with van der Waals surface area (Å²) in [7, 11) is 0. The summed E-state index contributed by atoms with van der Waals surface area (Å²) in [4.78, 5) is 27.4. The maximum atomic E-state index is 13.1. The highest BCUT2D eigenvalue weighted by atomic mass is 79.9. The quantitative estimate of drug-likeness (QED) is 0.628. The van der Waals surface area contributed by atoms with Crippen molar-refractivity contribution in [3.63, 3.8) is 0 Å². The number of nitrogens with zero attached hydrogens (tertiary/aromatic N) is 1. The molecule has 0 aromatic heterocycles. The Morgan fingerprint density at radius 2 is 1.73 bits per heavy atom. The fourth-order valence-electron chi connectivity index (χ4n) is 3.03. The normalized spacial score (nSPS) is 12.2. The molecule has 6 heteroatoms. The number of ether oxygens (including phenoxy) is 1. The number of amides is 2. The first kappa shape index (κ1) is 23.9. The van der Waals surface area contributed by atoms with Crippen LogP contribution in [-0.4, -0.2) is 34.9 Å². The maximum absolute atomic E-state index is 13.1. The number of nitrogens with one attached hydrogen (secondary N) is 1. The number of aryl methyl sites for hydroxylation is 2. The van der Waals surface area contributed by atoms with Crippen molar-refractivity contribution in [1.29, 1.82) is 0 Å². The van der Waals surface area contributed by atoms with Gasteiger partial charge in [-0.3, -0.25) is 9.59 Å². The number of halogens is 1. The molecule has 0 radical (unpaired) electrons. The molecule has 1 atom stereocenters. The summed E-state index contributed by atoms with van der Waals surface area (Å²) in [5.74, 6) is 0.235. The van der Waals surface area contributed by atoms with Gasteiger partial charge in [-0.1, -0.05) is 45.8 Å². The summed E-state index contributed by atoms with van der Waals surface area (Å²) < 4.78 is 6.75. The number of hydrogen-bond acceptors (Lipinski definition) is 3. The van der Waals surface area contributed by atoms with Gasteiger partial charge in [0, 0.05) is 16.6 Å². The average Bonchev–Trinajstić information content (AvgIpc) is 2.64. The molecule has 0 spiro atoms. The lowest BCUT2D eigenvalue weighted by atomic mass is 10.1. The molecular weight excluding hydrogens is 444 g/mol. The van der Waals surface area contributed by atoms with Crippen molar-refractivity contribution in [3.05, 3.63) is 63.6 Å². The van der Waals surface area contributed by atoms with Gasteiger partial charge in [0.25, 0.3) is 5.91 Å². The third-order valence-electron chi connectivity index (χ3n) is 4.61. The van der Waals surface area contributed by atoms with Crippen molar-refractivity contribution in [3.8, 4) is 5.75 Å². The predicted octanol–water partition coefficient (Wildman–Crippen LogP) is 4.78. The molecule has 162 valence electrons. The van der Waals surface area contributed by atoms with E-state index in [2.05, 4.69) is 21.2 Å². The number of rotatable bonds is 7. The first-order chi connectivity index (χ1) is 14.0. The van der Waals surface area contributed by atoms with E-state index in [1.807, 2.05) is 77.1 Å². The Balaban J connectivity index is 2.18. The van der Waals surface area contributed by atoms with E-state index in [-0.39, 0.29) is 24.0 Å². The van der Waals surface area contributed by atoms with Crippen LogP contribution in [0.25, 0.3) is 0 Å². The van der Waals surface area contributed by atoms with Gasteiger partial charge >= 0.3 is 0 Å². The van der Waals surface area contributed by atoms with Crippen LogP contribution in [0.3, 0.4) is 0 Å². The van der Waals surface area contributed by atoms with Crippen molar-refractivity contribution in [2.75, 3.05) is 6.61 Å². The largest absolute Gasteiger partial charge is 0.483 e. The Bertz CT molecular complexity index is 888. The zero-order valence-corrected chi connectivity index (χ0v) is 20.2. The van der Waals surface area contributed by atoms with Gasteiger partial charge in [0.15, 0.2) is 6.61 Å². The molecule has 0 bridgehead atoms. The molecule has 0 unspecified atom stereocenters. The highest BCUT2D eigenvalue weighted by Gasteiger charge is 2.28. The summed E-state index contributed by atoms with van der Waals surface area (Å²) in [6.45, 7) is 11.7. The molecule has 0 heterocycles. The topological polar surface area (TPSA) is 58.6 Å². The van der Waals surface area contributed by atoms with Crippen LogP contribution in [0.2, 0.25) is 0 Å². The minimum Gasteiger partial charge on any atom is -0.483 e. The van der Waals surface area contributed by atoms with Crippen LogP contribution in [0.5, 0.6) is 5.75 Å². The molecule has 0 fully saturated rings. The number of hydrogen-bond donors (Lipinski definition) is 1. The highest BCUT2D eigenvalue weighted by molar-refractivity contribution is 9.10. The third-order valence-corrected chi connectivity index (χ3v) is 5.14. The van der Waals surface area contributed by atoms with E-state index < -0.39 is 6.04 Å². The van der Waals surface area contributed by atoms with Crippen molar-refractivity contribution >= 4 is 27.7 Å². The summed E-state index contributed by atoms with van der Waals surface area (Å²) in [5.41, 5.74) is 2.66. The van der Waals surface area contributed by atoms with E-state index in [0.29, 0.717) is 12.3 Å². The second kappa shape index (κ2) is 10.1. The van der Waals surface area contributed by atoms with E-state index in [0.717, 1.165) is 21.2 Å². The molecule has 0 saturated heterocycles. The van der Waals surface area contributed by atoms with Crippen LogP contribution in [0.1, 0.15) is 44.4 Å². The van der Waals surface area contributed by atoms with E-state index in [4.69, 9.17) is 4.74 Å². The molecule has 2 rings (SSSR count). The van der Waals surface area contributed by atoms with Gasteiger partial charge < -0.3 is 15.0 Å². The Labute approximate surface area is 187 Å². The van der Waals surface area contributed by atoms with Gasteiger partial charge in [0.05, 0.1) is 0 Å². The molecular formula is C24H31BrN2O3. The summed E-state index contributed by atoms with van der Waals surface area (Å²) in [5, 5.41) is 2.96. The van der Waals surface area contributed by atoms with Crippen molar-refractivity contribution < 1.29 is 14.3 Å². The van der Waals surface area contributed by atoms with Gasteiger partial charge in [-0.15, -0.1) is 0 Å². The van der Waals surface area contributed by atoms with Gasteiger partial charge in [-0.2, -0.15) is 0 Å². The first-order valence-corrected chi connectivity index (χ1v) is 10.8. The Morgan fingerprint density at radius 1 is 1.10 bits per heavy atom. The van der Waals surface area contributed by atoms with Crippen LogP contribution < -0.4 is 10.1 Å². The standard InChI is InChI=1S/C24H31BrN2O3/c1-16-7-12-21(17(2)13-16)30-15-22(28)27(14-19-8-10-20(25)11-9-19)18(3)23(29)26-24(4,5)6/h7-13,18H,14-15H2,1-6H3,(H,26,29)/t18-/m0/s1. The third kappa shape index (κ3) is 7.17. The molecule has 5 nitrogen and oxygen atoms in total. The highest BCUT2D eigenvalue weighted by Crippen LogP contribution is 2.20. The van der Waals surface area contributed by atoms with E-state index in [9.17, 15) is 9.59 Å². The van der Waals surface area contributed by atoms with Crippen LogP contribution >= 0.6 is 15.9 Å². The zero-order valence-electron chi connectivity index (χ0n) is 18.6. The monoisotopic (exact) mass is 474 g/mol. The molecule has 0 aliphatic heterocycles. The summed E-state index contributed by atoms with van der Waals surface area (Å²) in [6.07, 6.45) is 0. The molecule has 30 heavy (non-hydrogen) atoms. The second-order valence-corrected chi connectivity index (χ2v) is 9.54. The van der Waals surface area contributed by atoms with Crippen LogP contribution in [0, 0.1) is 13.8 Å². The minimum absolute atomic E-state index is 0.131. The minimum atomic E-state index is -0.636. The van der Waals surface area contributed by atoms with Crippen molar-refractivity contribution in [1.82, 2.24) is 10.2 Å². The fraction of sp³-hybridized carbons (Fsp3) is 0.417. The second-order valence-electron chi connectivity index (χ2n) is 8.62. The van der Waals surface area contributed by atoms with E-state index >= 15 is 0 Å². The van der Waals surface area contributed by atoms with E-state index in [1.54, 1.807) is 11.8 Å². The van der Waals surface area contributed by atoms with Crippen molar-refractivity contribution in [2.24, 2.45) is 0 Å². The van der Waals surface area contributed by atoms with Crippen LogP contribution in [0.15, 0.2) is 46.9 Å². The SMILES string of the molecule is Cc1ccc(OCC(=O)N(Cc2ccc(Br)cc2)[C@@H](C)C(=O)NC(C)(C)C)c(C)c1. The Morgan fingerprint density at radius 3 is 2.30 bits per heavy atom. The van der Waals surface area contributed by atoms with Gasteiger partial charge in [-0.05, 0) is 70.9 Å². The first-order valence-electron chi connectivity index (χ1n) is 10.0. The van der Waals surface area contributed by atoms with E-state index in [1.165, 1.54) is 0 Å². The summed E-state index contributed by atoms with van der Waals surface area (Å²) >= 11 is 3.42. The fourth-order valence-corrected chi connectivity index (χ4v) is 3.29. The smallest absolute Gasteiger partial charge is 0.261 e. The van der Waals surface area contributed by atoms with Crippen LogP contribution in [0.4, 0.5) is 0 Å². The number of benzene rings is 2. The molecule has 0 saturated carbocycles. The van der Waals surface area contributed by atoms with Gasteiger partial charge in [0.2, 0.25) is 5.91 Å². The number of carbonyl (C=O) groups excluding carboxylic acids is 2. The molecule has 0 aliphatic carbocycles. The molecule has 0 aliphatic rings. The van der Waals surface area contributed by atoms with Crippen molar-refractivity contribution in [2.45, 2.75) is 59.7 Å². The summed E-state index contributed by atoms with van der Waals surface area (Å²) in [6, 6.07) is 12.9. The molecule has 2 amide bonds. The Kier molecular flexibility index (Phi) is 8.07. The average molecular weight is 475 g/mol. The molecule has 2 aromatic carbocycles. The van der Waals surface area contributed by atoms with Gasteiger partial charge in [-0.25, -0.2) is 0 Å². The number of carbonyl (C=O) groups is 2.